The first kappa shape index (κ1) is 19.8. The van der Waals surface area contributed by atoms with Crippen molar-refractivity contribution < 1.29 is 14.6 Å². The normalized spacial score (nSPS) is 13.8. The van der Waals surface area contributed by atoms with Crippen molar-refractivity contribution in [2.75, 3.05) is 31.1 Å². The number of anilines is 1. The standard InChI is InChI=1S/C17H15N9O5/c27-17(12-7-13(25(28)29)9-14(8-12)26(30)31)23-5-3-22(4-6-23)15-1-2-16(21-20-15)24-11-18-10-19-24/h1-2,7-11H,3-6H2. The van der Waals surface area contributed by atoms with Crippen LogP contribution < -0.4 is 4.90 Å². The number of carbonyl (C=O) groups is 1. The van der Waals surface area contributed by atoms with Crippen LogP contribution in [0.15, 0.2) is 43.0 Å². The maximum atomic E-state index is 12.8. The molecule has 158 valence electrons. The summed E-state index contributed by atoms with van der Waals surface area (Å²) in [6.07, 6.45) is 2.90. The zero-order chi connectivity index (χ0) is 22.0. The minimum absolute atomic E-state index is 0.0914. The van der Waals surface area contributed by atoms with Gasteiger partial charge >= 0.3 is 0 Å². The Kier molecular flexibility index (Phi) is 5.17. The first-order valence-electron chi connectivity index (χ1n) is 9.09. The van der Waals surface area contributed by atoms with Gasteiger partial charge in [-0.15, -0.1) is 10.2 Å². The van der Waals surface area contributed by atoms with Gasteiger partial charge in [-0.1, -0.05) is 0 Å². The van der Waals surface area contributed by atoms with Crippen LogP contribution in [0.4, 0.5) is 17.2 Å². The molecule has 2 aromatic heterocycles. The Balaban J connectivity index is 1.44. The Morgan fingerprint density at radius 3 is 2.03 bits per heavy atom. The molecule has 1 fully saturated rings. The molecule has 0 spiro atoms. The number of hydrogen-bond acceptors (Lipinski definition) is 10. The number of carbonyl (C=O) groups excluding carboxylic acids is 1. The summed E-state index contributed by atoms with van der Waals surface area (Å²) in [5.74, 6) is 0.642. The van der Waals surface area contributed by atoms with Gasteiger partial charge in [0, 0.05) is 38.3 Å². The van der Waals surface area contributed by atoms with Crippen LogP contribution in [0.25, 0.3) is 5.82 Å². The molecule has 3 aromatic rings. The predicted octanol–water partition coefficient (Wildman–Crippen LogP) is 0.836. The van der Waals surface area contributed by atoms with Gasteiger partial charge in [0.15, 0.2) is 11.6 Å². The Hall–Kier alpha value is -4.49. The Bertz CT molecular complexity index is 1090. The molecule has 31 heavy (non-hydrogen) atoms. The van der Waals surface area contributed by atoms with E-state index < -0.39 is 27.1 Å². The number of nitro benzene ring substituents is 2. The number of amides is 1. The predicted molar refractivity (Wildman–Crippen MR) is 105 cm³/mol. The van der Waals surface area contributed by atoms with E-state index in [4.69, 9.17) is 0 Å². The molecule has 1 aromatic carbocycles. The molecule has 0 bridgehead atoms. The lowest BCUT2D eigenvalue weighted by Crippen LogP contribution is -2.49. The van der Waals surface area contributed by atoms with Crippen molar-refractivity contribution in [1.29, 1.82) is 0 Å². The van der Waals surface area contributed by atoms with E-state index in [1.807, 2.05) is 4.90 Å². The van der Waals surface area contributed by atoms with Crippen LogP contribution in [0.3, 0.4) is 0 Å². The van der Waals surface area contributed by atoms with Crippen molar-refractivity contribution in [3.05, 3.63) is 68.8 Å². The van der Waals surface area contributed by atoms with Crippen molar-refractivity contribution >= 4 is 23.1 Å². The minimum atomic E-state index is -0.761. The maximum absolute atomic E-state index is 12.8. The van der Waals surface area contributed by atoms with E-state index in [2.05, 4.69) is 20.3 Å². The van der Waals surface area contributed by atoms with Crippen LogP contribution in [0, 0.1) is 20.2 Å². The molecule has 3 heterocycles. The first-order chi connectivity index (χ1) is 14.9. The highest BCUT2D eigenvalue weighted by Crippen LogP contribution is 2.24. The lowest BCUT2D eigenvalue weighted by Gasteiger charge is -2.35. The average molecular weight is 425 g/mol. The van der Waals surface area contributed by atoms with Gasteiger partial charge in [0.2, 0.25) is 0 Å². The van der Waals surface area contributed by atoms with E-state index in [-0.39, 0.29) is 5.56 Å². The summed E-state index contributed by atoms with van der Waals surface area (Å²) in [6, 6.07) is 6.46. The first-order valence-corrected chi connectivity index (χ1v) is 9.09. The number of non-ortho nitro benzene ring substituents is 2. The fourth-order valence-electron chi connectivity index (χ4n) is 3.19. The van der Waals surface area contributed by atoms with Crippen molar-refractivity contribution in [3.8, 4) is 5.82 Å². The summed E-state index contributed by atoms with van der Waals surface area (Å²) in [4.78, 5) is 40.7. The van der Waals surface area contributed by atoms with Crippen molar-refractivity contribution in [2.24, 2.45) is 0 Å². The van der Waals surface area contributed by atoms with Gasteiger partial charge in [-0.05, 0) is 12.1 Å². The van der Waals surface area contributed by atoms with Crippen molar-refractivity contribution in [2.45, 2.75) is 0 Å². The monoisotopic (exact) mass is 425 g/mol. The van der Waals surface area contributed by atoms with E-state index in [0.29, 0.717) is 37.8 Å². The summed E-state index contributed by atoms with van der Waals surface area (Å²) >= 11 is 0. The van der Waals surface area contributed by atoms with Crippen LogP contribution in [-0.2, 0) is 0 Å². The molecule has 0 atom stereocenters. The van der Waals surface area contributed by atoms with Crippen LogP contribution in [0.1, 0.15) is 10.4 Å². The molecule has 1 aliphatic heterocycles. The number of rotatable bonds is 5. The Morgan fingerprint density at radius 1 is 0.903 bits per heavy atom. The number of nitrogens with zero attached hydrogens (tertiary/aromatic N) is 9. The van der Waals surface area contributed by atoms with Gasteiger partial charge in [0.25, 0.3) is 17.3 Å². The van der Waals surface area contributed by atoms with Crippen LogP contribution in [-0.4, -0.2) is 71.8 Å². The molecule has 0 aliphatic carbocycles. The van der Waals surface area contributed by atoms with Crippen molar-refractivity contribution in [1.82, 2.24) is 29.9 Å². The SMILES string of the molecule is O=C(c1cc([N+](=O)[O-])cc([N+](=O)[O-])c1)N1CCN(c2ccc(-n3cncn3)nn2)CC1. The van der Waals surface area contributed by atoms with Crippen molar-refractivity contribution in [3.63, 3.8) is 0 Å². The molecular formula is C17H15N9O5. The van der Waals surface area contributed by atoms with E-state index >= 15 is 0 Å². The number of aromatic nitrogens is 5. The molecule has 1 aliphatic rings. The second-order valence-corrected chi connectivity index (χ2v) is 6.62. The van der Waals surface area contributed by atoms with Crippen LogP contribution in [0.5, 0.6) is 0 Å². The molecule has 0 saturated carbocycles. The fraction of sp³-hybridized carbons (Fsp3) is 0.235. The summed E-state index contributed by atoms with van der Waals surface area (Å²) < 4.78 is 1.48. The Morgan fingerprint density at radius 2 is 1.52 bits per heavy atom. The van der Waals surface area contributed by atoms with Gasteiger partial charge in [-0.2, -0.15) is 5.10 Å². The second kappa shape index (κ2) is 8.10. The second-order valence-electron chi connectivity index (χ2n) is 6.62. The molecule has 4 rings (SSSR count). The molecule has 0 radical (unpaired) electrons. The molecule has 0 N–H and O–H groups in total. The smallest absolute Gasteiger partial charge is 0.277 e. The lowest BCUT2D eigenvalue weighted by atomic mass is 10.1. The summed E-state index contributed by atoms with van der Waals surface area (Å²) in [5, 5.41) is 34.4. The molecule has 14 heteroatoms. The summed E-state index contributed by atoms with van der Waals surface area (Å²) in [7, 11) is 0. The van der Waals surface area contributed by atoms with Gasteiger partial charge in [0.1, 0.15) is 12.7 Å². The number of piperazine rings is 1. The molecular weight excluding hydrogens is 410 g/mol. The topological polar surface area (TPSA) is 166 Å². The van der Waals surface area contributed by atoms with Gasteiger partial charge in [-0.3, -0.25) is 25.0 Å². The third kappa shape index (κ3) is 4.12. The number of nitro groups is 2. The van der Waals surface area contributed by atoms with Crippen LogP contribution in [0.2, 0.25) is 0 Å². The quantitative estimate of drug-likeness (QED) is 0.422. The zero-order valence-corrected chi connectivity index (χ0v) is 15.9. The third-order valence-corrected chi connectivity index (χ3v) is 4.75. The number of hydrogen-bond donors (Lipinski definition) is 0. The van der Waals surface area contributed by atoms with E-state index in [0.717, 1.165) is 18.2 Å². The summed E-state index contributed by atoms with van der Waals surface area (Å²) in [5.41, 5.74) is -1.09. The van der Waals surface area contributed by atoms with Crippen LogP contribution >= 0.6 is 0 Å². The molecule has 0 unspecified atom stereocenters. The highest BCUT2D eigenvalue weighted by molar-refractivity contribution is 5.95. The van der Waals surface area contributed by atoms with Gasteiger partial charge in [-0.25, -0.2) is 9.67 Å². The Labute approximate surface area is 174 Å². The van der Waals surface area contributed by atoms with E-state index in [1.165, 1.54) is 22.2 Å². The zero-order valence-electron chi connectivity index (χ0n) is 15.9. The average Bonchev–Trinajstić information content (AvgIpc) is 3.33. The van der Waals surface area contributed by atoms with E-state index in [9.17, 15) is 25.0 Å². The van der Waals surface area contributed by atoms with Gasteiger partial charge in [0.05, 0.1) is 21.5 Å². The minimum Gasteiger partial charge on any atom is -0.352 e. The van der Waals surface area contributed by atoms with E-state index in [1.54, 1.807) is 12.1 Å². The largest absolute Gasteiger partial charge is 0.352 e. The maximum Gasteiger partial charge on any atom is 0.277 e. The molecule has 1 saturated heterocycles. The highest BCUT2D eigenvalue weighted by atomic mass is 16.6. The molecule has 1 amide bonds. The number of benzene rings is 1. The highest BCUT2D eigenvalue weighted by Gasteiger charge is 2.26. The summed E-state index contributed by atoms with van der Waals surface area (Å²) in [6.45, 7) is 1.56. The fourth-order valence-corrected chi connectivity index (χ4v) is 3.19. The van der Waals surface area contributed by atoms with Gasteiger partial charge < -0.3 is 9.80 Å². The third-order valence-electron chi connectivity index (χ3n) is 4.75. The molecule has 14 nitrogen and oxygen atoms in total. The lowest BCUT2D eigenvalue weighted by molar-refractivity contribution is -0.394.